The Balaban J connectivity index is 1.62. The highest BCUT2D eigenvalue weighted by Crippen LogP contribution is 2.17. The number of nitrogens with one attached hydrogen (secondary N) is 1. The van der Waals surface area contributed by atoms with Crippen LogP contribution in [0, 0.1) is 11.8 Å². The number of fused-ring (bicyclic) bond motifs is 1. The molecule has 1 amide bonds. The predicted octanol–water partition coefficient (Wildman–Crippen LogP) is 2.38. The van der Waals surface area contributed by atoms with E-state index >= 15 is 0 Å². The van der Waals surface area contributed by atoms with Crippen molar-refractivity contribution in [1.29, 1.82) is 0 Å². The Hall–Kier alpha value is -4.58. The van der Waals surface area contributed by atoms with Gasteiger partial charge in [-0.15, -0.1) is 20.4 Å². The minimum atomic E-state index is -0.426. The summed E-state index contributed by atoms with van der Waals surface area (Å²) in [5.41, 5.74) is 1.86. The average molecular weight is 412 g/mol. The number of carbonyl (C=O) groups is 2. The largest absolute Gasteiger partial charge is 0.479 e. The van der Waals surface area contributed by atoms with Crippen LogP contribution >= 0.6 is 0 Å². The van der Waals surface area contributed by atoms with Crippen molar-refractivity contribution in [2.24, 2.45) is 0 Å². The van der Waals surface area contributed by atoms with E-state index in [9.17, 15) is 9.59 Å². The molecule has 9 nitrogen and oxygen atoms in total. The molecule has 0 saturated heterocycles. The highest BCUT2D eigenvalue weighted by atomic mass is 16.5. The van der Waals surface area contributed by atoms with Crippen molar-refractivity contribution < 1.29 is 14.3 Å². The van der Waals surface area contributed by atoms with Gasteiger partial charge >= 0.3 is 0 Å². The zero-order chi connectivity index (χ0) is 21.8. The molecule has 1 N–H and O–H groups in total. The third-order valence-electron chi connectivity index (χ3n) is 4.35. The van der Waals surface area contributed by atoms with Gasteiger partial charge in [0.25, 0.3) is 5.91 Å². The number of ether oxygens (including phenoxy) is 1. The van der Waals surface area contributed by atoms with Crippen molar-refractivity contribution >= 4 is 23.2 Å². The average Bonchev–Trinajstić information content (AvgIpc) is 3.21. The van der Waals surface area contributed by atoms with Crippen LogP contribution in [0.25, 0.3) is 5.65 Å². The molecule has 0 radical (unpaired) electrons. The van der Waals surface area contributed by atoms with Gasteiger partial charge in [-0.3, -0.25) is 14.0 Å². The molecule has 0 aliphatic heterocycles. The molecular weight excluding hydrogens is 396 g/mol. The first kappa shape index (κ1) is 19.7. The van der Waals surface area contributed by atoms with Crippen LogP contribution in [-0.2, 0) is 0 Å². The molecule has 31 heavy (non-hydrogen) atoms. The molecule has 3 aromatic heterocycles. The van der Waals surface area contributed by atoms with Crippen molar-refractivity contribution in [2.75, 3.05) is 12.4 Å². The Bertz CT molecular complexity index is 1370. The van der Waals surface area contributed by atoms with E-state index in [4.69, 9.17) is 4.74 Å². The topological polar surface area (TPSA) is 111 Å². The van der Waals surface area contributed by atoms with E-state index in [1.54, 1.807) is 28.7 Å². The third-order valence-corrected chi connectivity index (χ3v) is 4.35. The number of carbonyl (C=O) groups excluding carboxylic acids is 2. The number of hydrogen-bond donors (Lipinski definition) is 1. The quantitative estimate of drug-likeness (QED) is 0.405. The van der Waals surface area contributed by atoms with Crippen LogP contribution in [0.15, 0.2) is 54.7 Å². The van der Waals surface area contributed by atoms with Crippen molar-refractivity contribution in [3.8, 4) is 17.7 Å². The summed E-state index contributed by atoms with van der Waals surface area (Å²) in [5.74, 6) is 6.16. The van der Waals surface area contributed by atoms with Gasteiger partial charge in [0.2, 0.25) is 11.7 Å². The number of rotatable bonds is 4. The fourth-order valence-electron chi connectivity index (χ4n) is 2.80. The standard InChI is InChI=1S/C22H16N6O3/c1-14(29)15-6-5-7-16(12-15)21(30)23-18-13-17(22(31-2)27-24-18)9-10-20-26-25-19-8-3-4-11-28(19)20/h3-8,11-13H,1-2H3,(H,23,24,30). The Morgan fingerprint density at radius 1 is 0.968 bits per heavy atom. The molecule has 0 spiro atoms. The molecule has 0 aliphatic carbocycles. The Kier molecular flexibility index (Phi) is 5.36. The van der Waals surface area contributed by atoms with Crippen molar-refractivity contribution in [3.05, 3.63) is 77.2 Å². The Morgan fingerprint density at radius 3 is 2.61 bits per heavy atom. The molecule has 4 rings (SSSR count). The number of Topliss-reactive ketones (excluding diaryl/α,β-unsaturated/α-hetero) is 1. The normalized spacial score (nSPS) is 10.3. The molecule has 0 saturated carbocycles. The minimum Gasteiger partial charge on any atom is -0.479 e. The number of amides is 1. The van der Waals surface area contributed by atoms with Gasteiger partial charge in [0.15, 0.2) is 17.2 Å². The predicted molar refractivity (Wildman–Crippen MR) is 112 cm³/mol. The molecule has 9 heteroatoms. The van der Waals surface area contributed by atoms with E-state index in [-0.39, 0.29) is 17.5 Å². The molecular formula is C22H16N6O3. The SMILES string of the molecule is COc1nnc(NC(=O)c2cccc(C(C)=O)c2)cc1C#Cc1nnc2ccccn12. The second-order valence-corrected chi connectivity index (χ2v) is 6.45. The number of aromatic nitrogens is 5. The van der Waals surface area contributed by atoms with Crippen LogP contribution < -0.4 is 10.1 Å². The lowest BCUT2D eigenvalue weighted by atomic mass is 10.1. The van der Waals surface area contributed by atoms with E-state index in [0.717, 1.165) is 0 Å². The van der Waals surface area contributed by atoms with Crippen LogP contribution in [0.2, 0.25) is 0 Å². The second kappa shape index (κ2) is 8.42. The van der Waals surface area contributed by atoms with Crippen molar-refractivity contribution in [3.63, 3.8) is 0 Å². The van der Waals surface area contributed by atoms with Crippen LogP contribution in [0.3, 0.4) is 0 Å². The fraction of sp³-hybridized carbons (Fsp3) is 0.0909. The van der Waals surface area contributed by atoms with Gasteiger partial charge < -0.3 is 10.1 Å². The first-order valence-corrected chi connectivity index (χ1v) is 9.21. The Morgan fingerprint density at radius 2 is 1.81 bits per heavy atom. The van der Waals surface area contributed by atoms with Crippen molar-refractivity contribution in [2.45, 2.75) is 6.92 Å². The summed E-state index contributed by atoms with van der Waals surface area (Å²) in [6.45, 7) is 1.44. The summed E-state index contributed by atoms with van der Waals surface area (Å²) in [6, 6.07) is 13.5. The van der Waals surface area contributed by atoms with Crippen LogP contribution in [0.1, 0.15) is 39.0 Å². The highest BCUT2D eigenvalue weighted by molar-refractivity contribution is 6.05. The van der Waals surface area contributed by atoms with Gasteiger partial charge in [0.1, 0.15) is 0 Å². The van der Waals surface area contributed by atoms with E-state index in [2.05, 4.69) is 37.6 Å². The third kappa shape index (κ3) is 4.23. The molecule has 1 aromatic carbocycles. The van der Waals surface area contributed by atoms with Gasteiger partial charge in [-0.1, -0.05) is 24.1 Å². The maximum absolute atomic E-state index is 12.6. The fourth-order valence-corrected chi connectivity index (χ4v) is 2.80. The molecule has 0 aliphatic rings. The number of benzene rings is 1. The second-order valence-electron chi connectivity index (χ2n) is 6.45. The number of methoxy groups -OCH3 is 1. The number of hydrogen-bond acceptors (Lipinski definition) is 7. The molecule has 0 unspecified atom stereocenters. The molecule has 0 atom stereocenters. The first-order valence-electron chi connectivity index (χ1n) is 9.21. The van der Waals surface area contributed by atoms with Gasteiger partial charge in [-0.05, 0) is 37.1 Å². The monoisotopic (exact) mass is 412 g/mol. The number of ketones is 1. The zero-order valence-electron chi connectivity index (χ0n) is 16.7. The maximum atomic E-state index is 12.6. The summed E-state index contributed by atoms with van der Waals surface area (Å²) in [7, 11) is 1.45. The Labute approximate surface area is 177 Å². The summed E-state index contributed by atoms with van der Waals surface area (Å²) < 4.78 is 6.97. The number of nitrogens with zero attached hydrogens (tertiary/aromatic N) is 5. The lowest BCUT2D eigenvalue weighted by Crippen LogP contribution is -2.14. The van der Waals surface area contributed by atoms with Crippen LogP contribution in [-0.4, -0.2) is 43.6 Å². The summed E-state index contributed by atoms with van der Waals surface area (Å²) in [5, 5.41) is 18.7. The number of anilines is 1. The smallest absolute Gasteiger partial charge is 0.256 e. The molecule has 0 fully saturated rings. The molecule has 4 aromatic rings. The van der Waals surface area contributed by atoms with Crippen molar-refractivity contribution in [1.82, 2.24) is 24.8 Å². The van der Waals surface area contributed by atoms with Gasteiger partial charge in [0, 0.05) is 23.4 Å². The summed E-state index contributed by atoms with van der Waals surface area (Å²) >= 11 is 0. The molecule has 152 valence electrons. The zero-order valence-corrected chi connectivity index (χ0v) is 16.7. The molecule has 3 heterocycles. The van der Waals surface area contributed by atoms with Gasteiger partial charge in [-0.2, -0.15) is 0 Å². The van der Waals surface area contributed by atoms with E-state index < -0.39 is 5.91 Å². The molecule has 0 bridgehead atoms. The number of pyridine rings is 1. The minimum absolute atomic E-state index is 0.127. The lowest BCUT2D eigenvalue weighted by molar-refractivity contribution is 0.101. The highest BCUT2D eigenvalue weighted by Gasteiger charge is 2.12. The van der Waals surface area contributed by atoms with Gasteiger partial charge in [-0.25, -0.2) is 0 Å². The van der Waals surface area contributed by atoms with Crippen LogP contribution in [0.4, 0.5) is 5.82 Å². The van der Waals surface area contributed by atoms with E-state index in [1.165, 1.54) is 20.1 Å². The maximum Gasteiger partial charge on any atom is 0.256 e. The van der Waals surface area contributed by atoms with E-state index in [1.807, 2.05) is 24.4 Å². The van der Waals surface area contributed by atoms with E-state index in [0.29, 0.717) is 28.2 Å². The summed E-state index contributed by atoms with van der Waals surface area (Å²) in [6.07, 6.45) is 1.81. The summed E-state index contributed by atoms with van der Waals surface area (Å²) in [4.78, 5) is 24.1. The van der Waals surface area contributed by atoms with Crippen LogP contribution in [0.5, 0.6) is 5.88 Å². The first-order chi connectivity index (χ1) is 15.0. The van der Waals surface area contributed by atoms with Gasteiger partial charge in [0.05, 0.1) is 12.7 Å². The lowest BCUT2D eigenvalue weighted by Gasteiger charge is -2.07.